The van der Waals surface area contributed by atoms with Crippen molar-refractivity contribution in [2.24, 2.45) is 17.8 Å². The van der Waals surface area contributed by atoms with Crippen LogP contribution >= 0.6 is 50.2 Å². The Morgan fingerprint density at radius 1 is 0.680 bits per heavy atom. The molecule has 0 bridgehead atoms. The van der Waals surface area contributed by atoms with Gasteiger partial charge in [-0.2, -0.15) is 0 Å². The monoisotopic (exact) mass is 1640 g/mol. The van der Waals surface area contributed by atoms with Crippen LogP contribution in [0.3, 0.4) is 0 Å². The number of anilines is 4. The first kappa shape index (κ1) is 89.0. The number of carbonyl (C=O) groups excluding carboxylic acids is 3. The SMILES string of the molecule is CCNC(=O)C1CCN(Cc2csc3c(-c4cnc(OC)c(NS(C)(=O)=O)c4)nc(N4CCOCC4)nc23)CC1.CCNC(=O)C1CCNCC1.CCNC(=O)C1CC[NH+](C[B-](F)(F)F)CC1.COc1ncc(-c2nc(N3CCOCC3)nc3c(Br)csc23)cc1NS(C)(=O)=O.FB(F)CCl.[F-].[K+]. The third kappa shape index (κ3) is 28.2. The molecule has 0 radical (unpaired) electrons. The number of carbonyl (C=O) groups is 3. The van der Waals surface area contributed by atoms with Crippen LogP contribution < -0.4 is 111 Å². The molecule has 0 spiro atoms. The second-order valence-corrected chi connectivity index (χ2v) is 30.6. The Labute approximate surface area is 661 Å². The molecule has 3 amide bonds. The van der Waals surface area contributed by atoms with Crippen LogP contribution in [-0.4, -0.2) is 234 Å². The minimum Gasteiger partial charge on any atom is -1.00 e. The number of piperidine rings is 3. The summed E-state index contributed by atoms with van der Waals surface area (Å²) in [5, 5.41) is 15.8. The smallest absolute Gasteiger partial charge is 1.00 e. The van der Waals surface area contributed by atoms with E-state index in [1.54, 1.807) is 35.9 Å². The van der Waals surface area contributed by atoms with Gasteiger partial charge in [-0.3, -0.25) is 37.4 Å². The number of likely N-dealkylation sites (tertiary alicyclic amines) is 2. The van der Waals surface area contributed by atoms with E-state index in [1.165, 1.54) is 25.6 Å². The molecule has 11 heterocycles. The number of nitrogens with one attached hydrogen (secondary N) is 7. The molecule has 566 valence electrons. The molecule has 0 saturated carbocycles. The molecule has 0 aliphatic carbocycles. The summed E-state index contributed by atoms with van der Waals surface area (Å²) in [7, 11) is -6.53. The Morgan fingerprint density at radius 2 is 1.09 bits per heavy atom. The summed E-state index contributed by atoms with van der Waals surface area (Å²) in [5.74, 6) is 1.61. The maximum Gasteiger partial charge on any atom is 1.00 e. The zero-order valence-electron chi connectivity index (χ0n) is 58.9. The molecule has 5 aliphatic rings. The molecule has 11 rings (SSSR count). The summed E-state index contributed by atoms with van der Waals surface area (Å²) >= 11 is 11.2. The Hall–Kier alpha value is -4.59. The Bertz CT molecular complexity index is 3920. The van der Waals surface area contributed by atoms with Gasteiger partial charge in [-0.05, 0) is 106 Å². The van der Waals surface area contributed by atoms with E-state index in [2.05, 4.69) is 88.3 Å². The number of alkyl halides is 1. The fourth-order valence-corrected chi connectivity index (χ4v) is 15.3. The molecule has 5 aliphatic heterocycles. The van der Waals surface area contributed by atoms with Crippen molar-refractivity contribution < 1.29 is 133 Å². The van der Waals surface area contributed by atoms with E-state index in [4.69, 9.17) is 38.9 Å². The van der Waals surface area contributed by atoms with E-state index in [0.29, 0.717) is 131 Å². The molecule has 42 heteroatoms. The van der Waals surface area contributed by atoms with E-state index >= 15 is 0 Å². The molecule has 5 saturated heterocycles. The molecule has 6 aromatic heterocycles. The standard InChI is InChI=1S/C26H35N7O5S2.C17H18BrN5O4S2.C9H17BF3N2O.C8H16N2O.CH2BClF2.FH.K/c1-4-27-24(34)17-5-7-32(8-6-17)15-19-16-39-23-21(29-26(30-22(19)23)33-9-11-38-12-10-33)18-13-20(31-40(3,35)36)25(37-2)28-14-18;1-26-16-12(22-29(2,24)25)7-10(8-19-16)13-15-14(11(18)9-28-15)21-17(20-13)23-3-5-27-6-4-23;1-2-14-9(16)8-3-5-15(6-4-8)7-10(11,12)13;1-2-10-8(11)7-3-5-9-6-4-7;3-1-2(4)5;;/h13-14,16-17,31H,4-12,15H2,1-3H3,(H,27,34);7-9,22H,3-6H2,1-2H3;8H,2-7H2,1H3,(H,14,16);7,9H,2-6H2,1H3,(H,10,11);1H2;1H;/q;;-1;;;;+1. The average Bonchev–Trinajstić information content (AvgIpc) is 1.66. The first-order chi connectivity index (χ1) is 48.1. The van der Waals surface area contributed by atoms with Crippen molar-refractivity contribution in [2.45, 2.75) is 65.8 Å². The van der Waals surface area contributed by atoms with Gasteiger partial charge in [0.15, 0.2) is 0 Å². The molecule has 6 aromatic rings. The Balaban J connectivity index is 0.000000263. The van der Waals surface area contributed by atoms with Crippen LogP contribution in [0.2, 0.25) is 0 Å². The van der Waals surface area contributed by atoms with Gasteiger partial charge in [0.1, 0.15) is 16.9 Å². The zero-order valence-corrected chi connectivity index (χ0v) is 67.6. The number of quaternary nitrogens is 1. The van der Waals surface area contributed by atoms with E-state index in [1.807, 2.05) is 26.2 Å². The normalized spacial score (nSPS) is 17.5. The van der Waals surface area contributed by atoms with Gasteiger partial charge in [0.25, 0.3) is 0 Å². The number of fused-ring (bicyclic) bond motifs is 2. The third-order valence-electron chi connectivity index (χ3n) is 16.5. The number of morpholine rings is 2. The number of ether oxygens (including phenoxy) is 4. The van der Waals surface area contributed by atoms with Crippen molar-refractivity contribution in [3.05, 3.63) is 45.3 Å². The second kappa shape index (κ2) is 43.4. The van der Waals surface area contributed by atoms with Gasteiger partial charge in [0.2, 0.25) is 61.4 Å². The molecule has 0 atom stereocenters. The van der Waals surface area contributed by atoms with Crippen LogP contribution in [-0.2, 0) is 50.4 Å². The summed E-state index contributed by atoms with van der Waals surface area (Å²) in [6.45, 7) is 13.5. The van der Waals surface area contributed by atoms with E-state index in [9.17, 15) is 52.8 Å². The molecule has 7 N–H and O–H groups in total. The Kier molecular flexibility index (Phi) is 37.5. The minimum absolute atomic E-state index is 0. The second-order valence-electron chi connectivity index (χ2n) is 24.2. The number of methoxy groups -OCH3 is 2. The minimum atomic E-state index is -4.71. The fourth-order valence-electron chi connectivity index (χ4n) is 11.6. The predicted molar refractivity (Wildman–Crippen MR) is 391 cm³/mol. The van der Waals surface area contributed by atoms with Crippen molar-refractivity contribution in [1.29, 1.82) is 0 Å². The van der Waals surface area contributed by atoms with Crippen molar-refractivity contribution in [1.82, 2.24) is 56.1 Å². The quantitative estimate of drug-likeness (QED) is 0.0287. The molecular weight excluding hydrogens is 1550 g/mol. The fraction of sp³-hybridized carbons (Fsp3) is 0.590. The maximum atomic E-state index is 12.3. The summed E-state index contributed by atoms with van der Waals surface area (Å²) in [4.78, 5) is 70.2. The number of pyridine rings is 2. The molecule has 5 fully saturated rings. The topological polar surface area (TPSA) is 320 Å². The van der Waals surface area contributed by atoms with Crippen LogP contribution in [0.15, 0.2) is 39.8 Å². The summed E-state index contributed by atoms with van der Waals surface area (Å²) in [6.07, 6.45) is 9.48. The predicted octanol–water partition coefficient (Wildman–Crippen LogP) is 0.176. The van der Waals surface area contributed by atoms with Crippen LogP contribution in [0.5, 0.6) is 11.8 Å². The van der Waals surface area contributed by atoms with E-state index < -0.39 is 46.5 Å². The number of rotatable bonds is 21. The first-order valence-electron chi connectivity index (χ1n) is 33.2. The zero-order chi connectivity index (χ0) is 73.4. The maximum absolute atomic E-state index is 12.3. The number of aromatic nitrogens is 6. The van der Waals surface area contributed by atoms with Gasteiger partial charge in [-0.1, -0.05) is 0 Å². The summed E-state index contributed by atoms with van der Waals surface area (Å²) in [6, 6.07) is 3.37. The number of hydrogen-bond acceptors (Lipinski definition) is 23. The third-order valence-corrected chi connectivity index (χ3v) is 20.8. The van der Waals surface area contributed by atoms with Crippen LogP contribution in [0.4, 0.5) is 44.8 Å². The number of amides is 3. The van der Waals surface area contributed by atoms with E-state index in [-0.39, 0.29) is 115 Å². The van der Waals surface area contributed by atoms with Gasteiger partial charge in [-0.25, -0.2) is 46.7 Å². The molecule has 103 heavy (non-hydrogen) atoms. The number of halogens is 8. The van der Waals surface area contributed by atoms with Gasteiger partial charge < -0.3 is 72.6 Å². The molecule has 0 unspecified atom stereocenters. The van der Waals surface area contributed by atoms with Crippen LogP contribution in [0.25, 0.3) is 42.9 Å². The molecule has 27 nitrogen and oxygen atoms in total. The Morgan fingerprint density at radius 3 is 1.50 bits per heavy atom. The van der Waals surface area contributed by atoms with Crippen molar-refractivity contribution in [3.8, 4) is 34.3 Å². The number of sulfonamides is 2. The van der Waals surface area contributed by atoms with E-state index in [0.717, 1.165) is 108 Å². The number of nitrogens with zero attached hydrogens (tertiary/aromatic N) is 9. The van der Waals surface area contributed by atoms with Gasteiger partial charge in [0.05, 0.1) is 109 Å². The van der Waals surface area contributed by atoms with Crippen molar-refractivity contribution >= 4 is 146 Å². The number of thiophene rings is 2. The van der Waals surface area contributed by atoms with Gasteiger partial charge in [-0.15, -0.1) is 34.3 Å². The van der Waals surface area contributed by atoms with Crippen molar-refractivity contribution in [2.75, 3.05) is 170 Å². The summed E-state index contributed by atoms with van der Waals surface area (Å²) < 4.78 is 134. The molecular formula is C61H89B2BrClF6KN16O11S4. The van der Waals surface area contributed by atoms with Crippen molar-refractivity contribution in [3.63, 3.8) is 0 Å². The van der Waals surface area contributed by atoms with Crippen LogP contribution in [0, 0.1) is 17.8 Å². The van der Waals surface area contributed by atoms with Gasteiger partial charge in [0, 0.05) is 117 Å². The van der Waals surface area contributed by atoms with Crippen LogP contribution in [0.1, 0.15) is 64.9 Å². The average molecular weight is 1640 g/mol. The largest absolute Gasteiger partial charge is 1.00 e. The first-order valence-corrected chi connectivity index (χ1v) is 40.1. The number of hydrogen-bond donors (Lipinski definition) is 7. The van der Waals surface area contributed by atoms with Gasteiger partial charge >= 0.3 is 65.6 Å². The molecule has 0 aromatic carbocycles. The summed E-state index contributed by atoms with van der Waals surface area (Å²) in [5.41, 5.74) is 5.95.